The number of ether oxygens (including phenoxy) is 1. The molecule has 9 heteroatoms. The normalized spacial score (nSPS) is 20.3. The van der Waals surface area contributed by atoms with Gasteiger partial charge in [0.2, 0.25) is 0 Å². The highest BCUT2D eigenvalue weighted by Crippen LogP contribution is 2.38. The summed E-state index contributed by atoms with van der Waals surface area (Å²) >= 11 is 4.05. The molecule has 4 N–H and O–H groups in total. The molecule has 3 aliphatic heterocycles. The van der Waals surface area contributed by atoms with Crippen LogP contribution in [0, 0.1) is 8.99 Å². The fourth-order valence-electron chi connectivity index (χ4n) is 3.39. The lowest BCUT2D eigenvalue weighted by Crippen LogP contribution is -2.42. The van der Waals surface area contributed by atoms with Gasteiger partial charge in [-0.1, -0.05) is 32.5 Å². The van der Waals surface area contributed by atoms with Gasteiger partial charge in [-0.25, -0.2) is 9.98 Å². The molecule has 0 saturated heterocycles. The van der Waals surface area contributed by atoms with Gasteiger partial charge >= 0.3 is 0 Å². The van der Waals surface area contributed by atoms with Gasteiger partial charge in [0, 0.05) is 34.5 Å². The van der Waals surface area contributed by atoms with Crippen LogP contribution in [0.2, 0.25) is 0 Å². The second-order valence-corrected chi connectivity index (χ2v) is 10.7. The van der Waals surface area contributed by atoms with Crippen molar-refractivity contribution < 1.29 is 4.74 Å². The van der Waals surface area contributed by atoms with Gasteiger partial charge in [0.15, 0.2) is 11.3 Å². The van der Waals surface area contributed by atoms with Crippen molar-refractivity contribution in [2.45, 2.75) is 38.3 Å². The van der Waals surface area contributed by atoms with Crippen LogP contribution in [0.3, 0.4) is 0 Å². The molecule has 0 saturated carbocycles. The molecule has 3 heterocycles. The summed E-state index contributed by atoms with van der Waals surface area (Å²) in [4.78, 5) is 12.8. The number of hydrogen-bond acceptors (Lipinski definition) is 8. The molecular formula is C20H27IN6OS. The Bertz CT molecular complexity index is 892. The first-order chi connectivity index (χ1) is 13.8. The Morgan fingerprint density at radius 3 is 3.03 bits per heavy atom. The number of rotatable bonds is 5. The maximum atomic E-state index is 6.15. The van der Waals surface area contributed by atoms with E-state index in [9.17, 15) is 0 Å². The van der Waals surface area contributed by atoms with Crippen LogP contribution in [0.4, 0.5) is 0 Å². The first kappa shape index (κ1) is 20.8. The molecular weight excluding hydrogens is 499 g/mol. The van der Waals surface area contributed by atoms with Gasteiger partial charge in [0.1, 0.15) is 17.3 Å². The maximum Gasteiger partial charge on any atom is 0.171 e. The van der Waals surface area contributed by atoms with Crippen LogP contribution in [0.15, 0.2) is 38.5 Å². The summed E-state index contributed by atoms with van der Waals surface area (Å²) in [6.45, 7) is 10.1. The lowest BCUT2D eigenvalue weighted by atomic mass is 9.97. The Morgan fingerprint density at radius 1 is 1.41 bits per heavy atom. The van der Waals surface area contributed by atoms with Crippen molar-refractivity contribution in [1.29, 1.82) is 0 Å². The molecule has 1 aromatic rings. The predicted octanol–water partition coefficient (Wildman–Crippen LogP) is 2.71. The lowest BCUT2D eigenvalue weighted by Gasteiger charge is -2.28. The number of nitrogens with zero attached hydrogens (tertiary/aromatic N) is 3. The molecule has 1 aromatic carbocycles. The van der Waals surface area contributed by atoms with E-state index in [1.54, 1.807) is 18.1 Å². The van der Waals surface area contributed by atoms with Crippen LogP contribution >= 0.6 is 34.4 Å². The Hall–Kier alpha value is -1.46. The molecule has 0 amide bonds. The third kappa shape index (κ3) is 4.66. The summed E-state index contributed by atoms with van der Waals surface area (Å²) in [5.41, 5.74) is 8.47. The van der Waals surface area contributed by atoms with Crippen LogP contribution in [-0.4, -0.2) is 48.8 Å². The van der Waals surface area contributed by atoms with Crippen molar-refractivity contribution >= 4 is 45.9 Å². The molecule has 7 nitrogen and oxygen atoms in total. The first-order valence-corrected chi connectivity index (χ1v) is 11.7. The van der Waals surface area contributed by atoms with Gasteiger partial charge in [-0.15, -0.1) is 0 Å². The molecule has 1 unspecified atom stereocenters. The molecule has 0 bridgehead atoms. The Labute approximate surface area is 189 Å². The minimum atomic E-state index is -0.168. The van der Waals surface area contributed by atoms with Gasteiger partial charge in [-0.2, -0.15) is 0 Å². The molecule has 0 fully saturated rings. The lowest BCUT2D eigenvalue weighted by molar-refractivity contribution is 0.339. The summed E-state index contributed by atoms with van der Waals surface area (Å²) in [5.74, 6) is 1.56. The monoisotopic (exact) mass is 526 g/mol. The third-order valence-corrected chi connectivity index (χ3v) is 7.17. The molecule has 0 aromatic heterocycles. The van der Waals surface area contributed by atoms with Crippen molar-refractivity contribution in [2.75, 3.05) is 26.2 Å². The third-order valence-electron chi connectivity index (χ3n) is 4.84. The minimum Gasteiger partial charge on any atom is -0.493 e. The van der Waals surface area contributed by atoms with E-state index in [2.05, 4.69) is 76.0 Å². The second-order valence-electron chi connectivity index (χ2n) is 8.51. The SMILES string of the molecule is CC(C)(C)CNCCN1C(Sc2cc3c(cc2I)CCO3)=NC2=C(N)NC=NC21. The summed E-state index contributed by atoms with van der Waals surface area (Å²) in [6, 6.07) is 4.35. The van der Waals surface area contributed by atoms with E-state index < -0.39 is 0 Å². The average Bonchev–Trinajstić information content (AvgIpc) is 3.23. The largest absolute Gasteiger partial charge is 0.493 e. The van der Waals surface area contributed by atoms with Gasteiger partial charge in [-0.3, -0.25) is 0 Å². The highest BCUT2D eigenvalue weighted by Gasteiger charge is 2.35. The number of amidine groups is 1. The number of thioether (sulfide) groups is 1. The topological polar surface area (TPSA) is 87.3 Å². The maximum absolute atomic E-state index is 6.15. The van der Waals surface area contributed by atoms with E-state index in [0.29, 0.717) is 5.82 Å². The number of halogens is 1. The average molecular weight is 526 g/mol. The van der Waals surface area contributed by atoms with Crippen LogP contribution in [-0.2, 0) is 6.42 Å². The first-order valence-electron chi connectivity index (χ1n) is 9.79. The number of aliphatic imine (C=N–C) groups is 2. The molecule has 4 rings (SSSR count). The van der Waals surface area contributed by atoms with Crippen molar-refractivity contribution in [1.82, 2.24) is 15.5 Å². The Balaban J connectivity index is 1.54. The van der Waals surface area contributed by atoms with Gasteiger partial charge in [0.05, 0.1) is 12.9 Å². The molecule has 1 atom stereocenters. The summed E-state index contributed by atoms with van der Waals surface area (Å²) in [6.07, 6.45) is 2.47. The number of nitrogens with two attached hydrogens (primary N) is 1. The molecule has 0 spiro atoms. The quantitative estimate of drug-likeness (QED) is 0.404. The fourth-order valence-corrected chi connectivity index (χ4v) is 5.23. The molecule has 29 heavy (non-hydrogen) atoms. The molecule has 0 aliphatic carbocycles. The van der Waals surface area contributed by atoms with Crippen molar-refractivity contribution in [3.63, 3.8) is 0 Å². The second kappa shape index (κ2) is 8.35. The van der Waals surface area contributed by atoms with Crippen LogP contribution in [0.1, 0.15) is 26.3 Å². The highest BCUT2D eigenvalue weighted by atomic mass is 127. The number of hydrogen-bond donors (Lipinski definition) is 3. The van der Waals surface area contributed by atoms with Crippen LogP contribution in [0.5, 0.6) is 5.75 Å². The smallest absolute Gasteiger partial charge is 0.171 e. The minimum absolute atomic E-state index is 0.168. The van der Waals surface area contributed by atoms with Gasteiger partial charge in [0.25, 0.3) is 0 Å². The van der Waals surface area contributed by atoms with Crippen molar-refractivity contribution in [3.05, 3.63) is 32.8 Å². The zero-order valence-corrected chi connectivity index (χ0v) is 19.9. The zero-order valence-electron chi connectivity index (χ0n) is 17.0. The molecule has 156 valence electrons. The van der Waals surface area contributed by atoms with E-state index in [1.807, 2.05) is 0 Å². The van der Waals surface area contributed by atoms with E-state index >= 15 is 0 Å². The summed E-state index contributed by atoms with van der Waals surface area (Å²) < 4.78 is 6.98. The standard InChI is InChI=1S/C20H27IN6OS/c1-20(2,3)10-23-5-6-27-18-16(17(22)24-11-25-18)26-19(27)29-15-9-14-12(4-7-28-14)8-13(15)21/h8-9,11,18,23H,4-7,10,22H2,1-3H3,(H,24,25). The number of benzene rings is 1. The Morgan fingerprint density at radius 2 is 2.24 bits per heavy atom. The van der Waals surface area contributed by atoms with Crippen molar-refractivity contribution in [3.8, 4) is 5.75 Å². The van der Waals surface area contributed by atoms with E-state index in [1.165, 1.54) is 9.13 Å². The van der Waals surface area contributed by atoms with Gasteiger partial charge < -0.3 is 26.0 Å². The molecule has 3 aliphatic rings. The van der Waals surface area contributed by atoms with Crippen molar-refractivity contribution in [2.24, 2.45) is 21.1 Å². The zero-order chi connectivity index (χ0) is 20.6. The van der Waals surface area contributed by atoms with Gasteiger partial charge in [-0.05, 0) is 45.7 Å². The fraction of sp³-hybridized carbons (Fsp3) is 0.500. The highest BCUT2D eigenvalue weighted by molar-refractivity contribution is 14.1. The number of nitrogens with one attached hydrogen (secondary N) is 2. The van der Waals surface area contributed by atoms with Crippen LogP contribution in [0.25, 0.3) is 0 Å². The van der Waals surface area contributed by atoms with E-state index in [-0.39, 0.29) is 11.6 Å². The molecule has 0 radical (unpaired) electrons. The summed E-state index contributed by atoms with van der Waals surface area (Å²) in [7, 11) is 0. The predicted molar refractivity (Wildman–Crippen MR) is 127 cm³/mol. The summed E-state index contributed by atoms with van der Waals surface area (Å²) in [5, 5.41) is 7.44. The van der Waals surface area contributed by atoms with Crippen LogP contribution < -0.4 is 21.1 Å². The number of fused-ring (bicyclic) bond motifs is 2. The Kier molecular flexibility index (Phi) is 5.99. The van der Waals surface area contributed by atoms with E-state index in [4.69, 9.17) is 15.5 Å². The van der Waals surface area contributed by atoms with E-state index in [0.717, 1.165) is 54.2 Å².